The molecule has 0 unspecified atom stereocenters. The summed E-state index contributed by atoms with van der Waals surface area (Å²) < 4.78 is 0. The Morgan fingerprint density at radius 1 is 1.46 bits per heavy atom. The van der Waals surface area contributed by atoms with Gasteiger partial charge in [0.1, 0.15) is 6.54 Å². The van der Waals surface area contributed by atoms with E-state index in [0.717, 1.165) is 19.3 Å². The van der Waals surface area contributed by atoms with Crippen molar-refractivity contribution in [2.75, 3.05) is 13.1 Å². The second-order valence-electron chi connectivity index (χ2n) is 3.43. The summed E-state index contributed by atoms with van der Waals surface area (Å²) >= 11 is 0. The first kappa shape index (κ1) is 10.0. The standard InChI is InChI=1S/C9H15NO3/c1-2-5-10(6-8(11)12)9(13)7-3-4-7/h7H,2-6H2,1H3,(H,11,12). The lowest BCUT2D eigenvalue weighted by Gasteiger charge is -2.19. The van der Waals surface area contributed by atoms with Gasteiger partial charge in [-0.1, -0.05) is 6.92 Å². The van der Waals surface area contributed by atoms with Crippen LogP contribution in [0.15, 0.2) is 0 Å². The van der Waals surface area contributed by atoms with Crippen molar-refractivity contribution in [1.29, 1.82) is 0 Å². The number of carboxylic acid groups (broad SMARTS) is 1. The van der Waals surface area contributed by atoms with Crippen LogP contribution in [0.2, 0.25) is 0 Å². The van der Waals surface area contributed by atoms with Gasteiger partial charge < -0.3 is 10.0 Å². The first-order chi connectivity index (χ1) is 6.15. The van der Waals surface area contributed by atoms with Crippen LogP contribution in [0.3, 0.4) is 0 Å². The summed E-state index contributed by atoms with van der Waals surface area (Å²) in [5.74, 6) is -0.794. The minimum Gasteiger partial charge on any atom is -0.480 e. The van der Waals surface area contributed by atoms with E-state index >= 15 is 0 Å². The van der Waals surface area contributed by atoms with Crippen molar-refractivity contribution in [2.45, 2.75) is 26.2 Å². The van der Waals surface area contributed by atoms with E-state index in [9.17, 15) is 9.59 Å². The van der Waals surface area contributed by atoms with Crippen LogP contribution in [0.5, 0.6) is 0 Å². The summed E-state index contributed by atoms with van der Waals surface area (Å²) in [6, 6.07) is 0. The van der Waals surface area contributed by atoms with E-state index in [2.05, 4.69) is 0 Å². The summed E-state index contributed by atoms with van der Waals surface area (Å²) in [5.41, 5.74) is 0. The molecule has 4 heteroatoms. The Labute approximate surface area is 77.5 Å². The molecule has 0 aromatic carbocycles. The molecule has 1 rings (SSSR count). The smallest absolute Gasteiger partial charge is 0.323 e. The highest BCUT2D eigenvalue weighted by molar-refractivity contribution is 5.84. The van der Waals surface area contributed by atoms with Gasteiger partial charge in [-0.2, -0.15) is 0 Å². The van der Waals surface area contributed by atoms with Crippen LogP contribution < -0.4 is 0 Å². The molecule has 0 bridgehead atoms. The van der Waals surface area contributed by atoms with Crippen LogP contribution in [-0.4, -0.2) is 35.0 Å². The summed E-state index contributed by atoms with van der Waals surface area (Å²) in [4.78, 5) is 23.4. The minimum atomic E-state index is -0.928. The fourth-order valence-electron chi connectivity index (χ4n) is 1.29. The average Bonchev–Trinajstić information content (AvgIpc) is 2.84. The van der Waals surface area contributed by atoms with Crippen molar-refractivity contribution in [1.82, 2.24) is 4.90 Å². The molecule has 4 nitrogen and oxygen atoms in total. The Morgan fingerprint density at radius 2 is 2.08 bits per heavy atom. The highest BCUT2D eigenvalue weighted by Crippen LogP contribution is 2.30. The fraction of sp³-hybridized carbons (Fsp3) is 0.778. The van der Waals surface area contributed by atoms with Gasteiger partial charge in [-0.15, -0.1) is 0 Å². The molecule has 0 aliphatic heterocycles. The topological polar surface area (TPSA) is 57.6 Å². The Morgan fingerprint density at radius 3 is 2.46 bits per heavy atom. The number of amides is 1. The number of carbonyl (C=O) groups excluding carboxylic acids is 1. The third kappa shape index (κ3) is 3.05. The summed E-state index contributed by atoms with van der Waals surface area (Å²) in [5, 5.41) is 8.57. The van der Waals surface area contributed by atoms with Crippen molar-refractivity contribution in [2.24, 2.45) is 5.92 Å². The number of nitrogens with zero attached hydrogens (tertiary/aromatic N) is 1. The second kappa shape index (κ2) is 4.25. The lowest BCUT2D eigenvalue weighted by Crippen LogP contribution is -2.37. The van der Waals surface area contributed by atoms with E-state index in [1.165, 1.54) is 4.90 Å². The van der Waals surface area contributed by atoms with E-state index in [0.29, 0.717) is 6.54 Å². The highest BCUT2D eigenvalue weighted by Gasteiger charge is 2.33. The van der Waals surface area contributed by atoms with Crippen molar-refractivity contribution in [3.63, 3.8) is 0 Å². The third-order valence-electron chi connectivity index (χ3n) is 2.06. The maximum absolute atomic E-state index is 11.5. The average molecular weight is 185 g/mol. The maximum atomic E-state index is 11.5. The molecule has 0 saturated heterocycles. The van der Waals surface area contributed by atoms with E-state index in [4.69, 9.17) is 5.11 Å². The Bertz CT molecular complexity index is 211. The molecule has 74 valence electrons. The molecule has 1 fully saturated rings. The number of hydrogen-bond acceptors (Lipinski definition) is 2. The number of aliphatic carboxylic acids is 1. The molecule has 1 amide bonds. The normalized spacial score (nSPS) is 15.5. The molecule has 1 N–H and O–H groups in total. The molecule has 0 spiro atoms. The van der Waals surface area contributed by atoms with E-state index < -0.39 is 5.97 Å². The number of hydrogen-bond donors (Lipinski definition) is 1. The Balaban J connectivity index is 2.44. The van der Waals surface area contributed by atoms with Crippen LogP contribution >= 0.6 is 0 Å². The van der Waals surface area contributed by atoms with Crippen LogP contribution in [0.4, 0.5) is 0 Å². The van der Waals surface area contributed by atoms with Crippen molar-refractivity contribution in [3.05, 3.63) is 0 Å². The van der Waals surface area contributed by atoms with Gasteiger partial charge in [0.25, 0.3) is 0 Å². The van der Waals surface area contributed by atoms with Gasteiger partial charge in [0, 0.05) is 12.5 Å². The summed E-state index contributed by atoms with van der Waals surface area (Å²) in [6.07, 6.45) is 2.67. The highest BCUT2D eigenvalue weighted by atomic mass is 16.4. The zero-order chi connectivity index (χ0) is 9.84. The van der Waals surface area contributed by atoms with Crippen LogP contribution in [-0.2, 0) is 9.59 Å². The van der Waals surface area contributed by atoms with Crippen LogP contribution in [0, 0.1) is 5.92 Å². The first-order valence-corrected chi connectivity index (χ1v) is 4.65. The first-order valence-electron chi connectivity index (χ1n) is 4.65. The lowest BCUT2D eigenvalue weighted by molar-refractivity contribution is -0.145. The van der Waals surface area contributed by atoms with Gasteiger partial charge in [-0.25, -0.2) is 0 Å². The van der Waals surface area contributed by atoms with Gasteiger partial charge >= 0.3 is 5.97 Å². The predicted molar refractivity (Wildman–Crippen MR) is 47.2 cm³/mol. The van der Waals surface area contributed by atoms with Gasteiger partial charge in [-0.3, -0.25) is 9.59 Å². The molecular weight excluding hydrogens is 170 g/mol. The molecule has 0 radical (unpaired) electrons. The van der Waals surface area contributed by atoms with Crippen LogP contribution in [0.1, 0.15) is 26.2 Å². The molecule has 13 heavy (non-hydrogen) atoms. The monoisotopic (exact) mass is 185 g/mol. The summed E-state index contributed by atoms with van der Waals surface area (Å²) in [6.45, 7) is 2.35. The molecular formula is C9H15NO3. The molecule has 1 aliphatic carbocycles. The van der Waals surface area contributed by atoms with Crippen molar-refractivity contribution < 1.29 is 14.7 Å². The summed E-state index contributed by atoms with van der Waals surface area (Å²) in [7, 11) is 0. The lowest BCUT2D eigenvalue weighted by atomic mass is 10.3. The van der Waals surface area contributed by atoms with E-state index in [1.54, 1.807) is 0 Å². The largest absolute Gasteiger partial charge is 0.480 e. The van der Waals surface area contributed by atoms with Gasteiger partial charge in [0.2, 0.25) is 5.91 Å². The van der Waals surface area contributed by atoms with Gasteiger partial charge in [0.15, 0.2) is 0 Å². The fourth-order valence-corrected chi connectivity index (χ4v) is 1.29. The maximum Gasteiger partial charge on any atom is 0.323 e. The van der Waals surface area contributed by atoms with Crippen molar-refractivity contribution in [3.8, 4) is 0 Å². The van der Waals surface area contributed by atoms with E-state index in [-0.39, 0.29) is 18.4 Å². The van der Waals surface area contributed by atoms with E-state index in [1.807, 2.05) is 6.92 Å². The van der Waals surface area contributed by atoms with Crippen LogP contribution in [0.25, 0.3) is 0 Å². The quantitative estimate of drug-likeness (QED) is 0.686. The van der Waals surface area contributed by atoms with Crippen molar-refractivity contribution >= 4 is 11.9 Å². The molecule has 0 heterocycles. The molecule has 0 atom stereocenters. The second-order valence-corrected chi connectivity index (χ2v) is 3.43. The number of carboxylic acids is 1. The van der Waals surface area contributed by atoms with Gasteiger partial charge in [0.05, 0.1) is 0 Å². The predicted octanol–water partition coefficient (Wildman–Crippen LogP) is 0.720. The SMILES string of the molecule is CCCN(CC(=O)O)C(=O)C1CC1. The zero-order valence-corrected chi connectivity index (χ0v) is 7.82. The molecule has 0 aromatic rings. The number of carbonyl (C=O) groups is 2. The number of rotatable bonds is 5. The third-order valence-corrected chi connectivity index (χ3v) is 2.06. The Kier molecular flexibility index (Phi) is 3.28. The molecule has 0 aromatic heterocycles. The molecule has 1 aliphatic rings. The Hall–Kier alpha value is -1.06. The minimum absolute atomic E-state index is 0.0178. The zero-order valence-electron chi connectivity index (χ0n) is 7.82. The van der Waals surface area contributed by atoms with Gasteiger partial charge in [-0.05, 0) is 19.3 Å². The molecule has 1 saturated carbocycles.